The highest BCUT2D eigenvalue weighted by atomic mass is 35.5. The SMILES string of the molecule is Clc1nnc2c(ccc3cc4ccccc4cc32)c1Cl. The maximum absolute atomic E-state index is 6.21. The second-order valence-electron chi connectivity index (χ2n) is 4.69. The highest BCUT2D eigenvalue weighted by molar-refractivity contribution is 6.44. The first-order valence-electron chi connectivity index (χ1n) is 6.17. The number of halogens is 2. The fraction of sp³-hybridized carbons (Fsp3) is 0. The van der Waals surface area contributed by atoms with Crippen LogP contribution in [-0.2, 0) is 0 Å². The fourth-order valence-electron chi connectivity index (χ4n) is 2.53. The van der Waals surface area contributed by atoms with Gasteiger partial charge in [-0.2, -0.15) is 0 Å². The van der Waals surface area contributed by atoms with Crippen molar-refractivity contribution < 1.29 is 0 Å². The standard InChI is InChI=1S/C16H8Cl2N2/c17-14-12-6-5-11-7-9-3-1-2-4-10(9)8-13(11)15(12)19-20-16(14)18/h1-8H. The summed E-state index contributed by atoms with van der Waals surface area (Å²) in [5.41, 5.74) is 0.780. The van der Waals surface area contributed by atoms with Gasteiger partial charge in [0, 0.05) is 10.8 Å². The lowest BCUT2D eigenvalue weighted by Gasteiger charge is -2.06. The van der Waals surface area contributed by atoms with Crippen LogP contribution in [0.25, 0.3) is 32.4 Å². The maximum atomic E-state index is 6.21. The van der Waals surface area contributed by atoms with E-state index >= 15 is 0 Å². The van der Waals surface area contributed by atoms with E-state index in [0.717, 1.165) is 21.7 Å². The van der Waals surface area contributed by atoms with Gasteiger partial charge in [-0.15, -0.1) is 10.2 Å². The molecule has 2 nitrogen and oxygen atoms in total. The molecule has 0 N–H and O–H groups in total. The molecule has 0 amide bonds. The van der Waals surface area contributed by atoms with Crippen LogP contribution in [-0.4, -0.2) is 10.2 Å². The van der Waals surface area contributed by atoms with E-state index in [2.05, 4.69) is 34.5 Å². The first-order valence-corrected chi connectivity index (χ1v) is 6.92. The van der Waals surface area contributed by atoms with Crippen LogP contribution in [0.1, 0.15) is 0 Å². The molecular weight excluding hydrogens is 291 g/mol. The predicted octanol–water partition coefficient (Wildman–Crippen LogP) is 5.24. The van der Waals surface area contributed by atoms with Gasteiger partial charge in [0.2, 0.25) is 0 Å². The zero-order chi connectivity index (χ0) is 13.7. The molecule has 0 saturated heterocycles. The topological polar surface area (TPSA) is 25.8 Å². The van der Waals surface area contributed by atoms with Crippen molar-refractivity contribution in [3.8, 4) is 0 Å². The van der Waals surface area contributed by atoms with Crippen LogP contribution in [0.5, 0.6) is 0 Å². The monoisotopic (exact) mass is 298 g/mol. The van der Waals surface area contributed by atoms with E-state index in [4.69, 9.17) is 23.2 Å². The Balaban J connectivity index is 2.24. The van der Waals surface area contributed by atoms with Crippen LogP contribution in [0.4, 0.5) is 0 Å². The molecule has 0 saturated carbocycles. The zero-order valence-corrected chi connectivity index (χ0v) is 11.8. The Labute approximate surface area is 124 Å². The molecule has 0 unspecified atom stereocenters. The second kappa shape index (κ2) is 4.30. The third kappa shape index (κ3) is 1.65. The molecule has 0 aliphatic rings. The Kier molecular flexibility index (Phi) is 2.56. The van der Waals surface area contributed by atoms with E-state index in [-0.39, 0.29) is 5.15 Å². The van der Waals surface area contributed by atoms with E-state index in [1.807, 2.05) is 24.3 Å². The minimum Gasteiger partial charge on any atom is -0.148 e. The summed E-state index contributed by atoms with van der Waals surface area (Å²) in [7, 11) is 0. The van der Waals surface area contributed by atoms with Crippen molar-refractivity contribution in [2.75, 3.05) is 0 Å². The molecule has 4 rings (SSSR count). The van der Waals surface area contributed by atoms with E-state index in [1.165, 1.54) is 10.8 Å². The minimum atomic E-state index is 0.235. The molecule has 3 aromatic carbocycles. The average molecular weight is 299 g/mol. The lowest BCUT2D eigenvalue weighted by molar-refractivity contribution is 1.08. The summed E-state index contributed by atoms with van der Waals surface area (Å²) < 4.78 is 0. The van der Waals surface area contributed by atoms with Gasteiger partial charge < -0.3 is 0 Å². The van der Waals surface area contributed by atoms with Crippen molar-refractivity contribution in [3.05, 3.63) is 58.7 Å². The molecule has 1 heterocycles. The zero-order valence-electron chi connectivity index (χ0n) is 10.3. The molecule has 1 aromatic heterocycles. The molecule has 0 fully saturated rings. The van der Waals surface area contributed by atoms with Crippen LogP contribution in [0.3, 0.4) is 0 Å². The summed E-state index contributed by atoms with van der Waals surface area (Å²) in [5, 5.41) is 14.2. The number of benzene rings is 3. The van der Waals surface area contributed by atoms with Crippen molar-refractivity contribution in [2.45, 2.75) is 0 Å². The van der Waals surface area contributed by atoms with E-state index in [0.29, 0.717) is 5.02 Å². The van der Waals surface area contributed by atoms with E-state index in [1.54, 1.807) is 0 Å². The van der Waals surface area contributed by atoms with Crippen molar-refractivity contribution in [2.24, 2.45) is 0 Å². The number of aromatic nitrogens is 2. The van der Waals surface area contributed by atoms with E-state index < -0.39 is 0 Å². The van der Waals surface area contributed by atoms with Gasteiger partial charge in [0.05, 0.1) is 5.02 Å². The average Bonchev–Trinajstić information content (AvgIpc) is 2.48. The Bertz CT molecular complexity index is 980. The molecule has 0 bridgehead atoms. The Morgan fingerprint density at radius 2 is 1.45 bits per heavy atom. The molecule has 4 heteroatoms. The Morgan fingerprint density at radius 3 is 2.25 bits per heavy atom. The van der Waals surface area contributed by atoms with Crippen molar-refractivity contribution >= 4 is 55.6 Å². The molecule has 0 radical (unpaired) electrons. The predicted molar refractivity (Wildman–Crippen MR) is 84.6 cm³/mol. The highest BCUT2D eigenvalue weighted by Gasteiger charge is 2.10. The molecule has 0 spiro atoms. The minimum absolute atomic E-state index is 0.235. The summed E-state index contributed by atoms with van der Waals surface area (Å²) in [5.74, 6) is 0. The number of rotatable bonds is 0. The summed E-state index contributed by atoms with van der Waals surface area (Å²) in [6.45, 7) is 0. The first kappa shape index (κ1) is 11.9. The first-order chi connectivity index (χ1) is 9.74. The van der Waals surface area contributed by atoms with Gasteiger partial charge in [0.1, 0.15) is 5.52 Å². The number of fused-ring (bicyclic) bond motifs is 4. The van der Waals surface area contributed by atoms with Crippen LogP contribution in [0.15, 0.2) is 48.5 Å². The second-order valence-corrected chi connectivity index (χ2v) is 5.42. The number of nitrogens with zero attached hydrogens (tertiary/aromatic N) is 2. The molecule has 96 valence electrons. The number of hydrogen-bond donors (Lipinski definition) is 0. The van der Waals surface area contributed by atoms with Crippen molar-refractivity contribution in [3.63, 3.8) is 0 Å². The lowest BCUT2D eigenvalue weighted by Crippen LogP contribution is -1.88. The largest absolute Gasteiger partial charge is 0.170 e. The highest BCUT2D eigenvalue weighted by Crippen LogP contribution is 2.33. The molecule has 0 aliphatic carbocycles. The smallest absolute Gasteiger partial charge is 0.148 e. The summed E-state index contributed by atoms with van der Waals surface area (Å²) in [6, 6.07) is 16.5. The Morgan fingerprint density at radius 1 is 0.700 bits per heavy atom. The van der Waals surface area contributed by atoms with E-state index in [9.17, 15) is 0 Å². The van der Waals surface area contributed by atoms with Gasteiger partial charge in [0.25, 0.3) is 0 Å². The van der Waals surface area contributed by atoms with Crippen molar-refractivity contribution in [1.29, 1.82) is 0 Å². The van der Waals surface area contributed by atoms with Gasteiger partial charge >= 0.3 is 0 Å². The van der Waals surface area contributed by atoms with Gasteiger partial charge in [0.15, 0.2) is 5.15 Å². The maximum Gasteiger partial charge on any atom is 0.170 e. The van der Waals surface area contributed by atoms with Gasteiger partial charge in [-0.1, -0.05) is 59.6 Å². The number of hydrogen-bond acceptors (Lipinski definition) is 2. The van der Waals surface area contributed by atoms with Gasteiger partial charge in [-0.05, 0) is 28.3 Å². The molecule has 0 atom stereocenters. The van der Waals surface area contributed by atoms with Crippen molar-refractivity contribution in [1.82, 2.24) is 10.2 Å². The molecule has 0 aliphatic heterocycles. The molecular formula is C16H8Cl2N2. The van der Waals surface area contributed by atoms with Gasteiger partial charge in [-0.25, -0.2) is 0 Å². The normalized spacial score (nSPS) is 11.5. The fourth-order valence-corrected chi connectivity index (χ4v) is 2.86. The molecule has 20 heavy (non-hydrogen) atoms. The summed E-state index contributed by atoms with van der Waals surface area (Å²) >= 11 is 12.1. The summed E-state index contributed by atoms with van der Waals surface area (Å²) in [6.07, 6.45) is 0. The quantitative estimate of drug-likeness (QED) is 0.327. The Hall–Kier alpha value is -1.90. The van der Waals surface area contributed by atoms with Crippen LogP contribution in [0, 0.1) is 0 Å². The van der Waals surface area contributed by atoms with Crippen LogP contribution < -0.4 is 0 Å². The summed E-state index contributed by atoms with van der Waals surface area (Å²) in [4.78, 5) is 0. The third-order valence-corrected chi connectivity index (χ3v) is 4.26. The third-order valence-electron chi connectivity index (χ3n) is 3.51. The van der Waals surface area contributed by atoms with Crippen LogP contribution >= 0.6 is 23.2 Å². The van der Waals surface area contributed by atoms with Gasteiger partial charge in [-0.3, -0.25) is 0 Å². The van der Waals surface area contributed by atoms with Crippen LogP contribution in [0.2, 0.25) is 10.2 Å². The lowest BCUT2D eigenvalue weighted by atomic mass is 10.0. The molecule has 4 aromatic rings.